The number of hydrogen-bond acceptors (Lipinski definition) is 3. The molecule has 1 aromatic rings. The van der Waals surface area contributed by atoms with Crippen molar-refractivity contribution in [3.63, 3.8) is 0 Å². The lowest BCUT2D eigenvalue weighted by Gasteiger charge is -2.18. The first kappa shape index (κ1) is 13.9. The van der Waals surface area contributed by atoms with E-state index in [2.05, 4.69) is 11.4 Å². The molecule has 1 fully saturated rings. The zero-order valence-electron chi connectivity index (χ0n) is 11.7. The monoisotopic (exact) mass is 258 g/mol. The molecule has 0 saturated heterocycles. The number of nitrogens with one attached hydrogen (secondary N) is 1. The minimum Gasteiger partial charge on any atom is -0.491 e. The fraction of sp³-hybridized carbons (Fsp3) is 0.562. The summed E-state index contributed by atoms with van der Waals surface area (Å²) in [6.07, 6.45) is 5.05. The molecule has 0 spiro atoms. The standard InChI is InChI=1S/C16H22N2O/c1-12(2)19-15-9-5-6-13(10-15)16(11-17)18-14-7-3-4-8-14/h5-6,9-10,12,14,16,18H,3-4,7-8H2,1-2H3. The van der Waals surface area contributed by atoms with Crippen LogP contribution in [0.15, 0.2) is 24.3 Å². The number of nitriles is 1. The van der Waals surface area contributed by atoms with Crippen molar-refractivity contribution in [2.45, 2.75) is 57.7 Å². The first-order valence-corrected chi connectivity index (χ1v) is 7.11. The molecule has 102 valence electrons. The number of hydrogen-bond donors (Lipinski definition) is 1. The Morgan fingerprint density at radius 3 is 2.68 bits per heavy atom. The van der Waals surface area contributed by atoms with Gasteiger partial charge in [0.2, 0.25) is 0 Å². The summed E-state index contributed by atoms with van der Waals surface area (Å²) in [5.74, 6) is 0.834. The Hall–Kier alpha value is -1.53. The summed E-state index contributed by atoms with van der Waals surface area (Å²) in [5.41, 5.74) is 0.993. The van der Waals surface area contributed by atoms with E-state index in [4.69, 9.17) is 4.74 Å². The van der Waals surface area contributed by atoms with Crippen LogP contribution in [0.3, 0.4) is 0 Å². The van der Waals surface area contributed by atoms with Crippen molar-refractivity contribution >= 4 is 0 Å². The molecular formula is C16H22N2O. The third kappa shape index (κ3) is 3.97. The Balaban J connectivity index is 2.07. The highest BCUT2D eigenvalue weighted by Crippen LogP contribution is 2.24. The largest absolute Gasteiger partial charge is 0.491 e. The van der Waals surface area contributed by atoms with Crippen LogP contribution in [0.1, 0.15) is 51.1 Å². The minimum atomic E-state index is -0.237. The van der Waals surface area contributed by atoms with Crippen LogP contribution in [-0.2, 0) is 0 Å². The number of rotatable bonds is 5. The molecule has 0 heterocycles. The first-order valence-electron chi connectivity index (χ1n) is 7.11. The highest BCUT2D eigenvalue weighted by atomic mass is 16.5. The van der Waals surface area contributed by atoms with Crippen molar-refractivity contribution in [2.75, 3.05) is 0 Å². The van der Waals surface area contributed by atoms with Gasteiger partial charge in [0.05, 0.1) is 12.2 Å². The van der Waals surface area contributed by atoms with Gasteiger partial charge in [0.15, 0.2) is 0 Å². The SMILES string of the molecule is CC(C)Oc1cccc(C(C#N)NC2CCCC2)c1. The van der Waals surface area contributed by atoms with Crippen molar-refractivity contribution in [3.05, 3.63) is 29.8 Å². The van der Waals surface area contributed by atoms with Gasteiger partial charge in [-0.1, -0.05) is 25.0 Å². The molecule has 1 aliphatic rings. The third-order valence-electron chi connectivity index (χ3n) is 3.45. The van der Waals surface area contributed by atoms with Crippen LogP contribution in [-0.4, -0.2) is 12.1 Å². The van der Waals surface area contributed by atoms with E-state index in [1.165, 1.54) is 25.7 Å². The van der Waals surface area contributed by atoms with Crippen LogP contribution in [0.5, 0.6) is 5.75 Å². The van der Waals surface area contributed by atoms with E-state index in [-0.39, 0.29) is 12.1 Å². The number of nitrogens with zero attached hydrogens (tertiary/aromatic N) is 1. The summed E-state index contributed by atoms with van der Waals surface area (Å²) < 4.78 is 5.68. The molecule has 3 heteroatoms. The van der Waals surface area contributed by atoms with E-state index in [1.807, 2.05) is 38.1 Å². The molecule has 2 rings (SSSR count). The van der Waals surface area contributed by atoms with Crippen LogP contribution < -0.4 is 10.1 Å². The van der Waals surface area contributed by atoms with Gasteiger partial charge in [0.1, 0.15) is 11.8 Å². The zero-order valence-corrected chi connectivity index (χ0v) is 11.7. The molecule has 0 aromatic heterocycles. The average Bonchev–Trinajstić information content (AvgIpc) is 2.88. The zero-order chi connectivity index (χ0) is 13.7. The molecule has 0 amide bonds. The lowest BCUT2D eigenvalue weighted by atomic mass is 10.1. The van der Waals surface area contributed by atoms with Crippen LogP contribution >= 0.6 is 0 Å². The fourth-order valence-corrected chi connectivity index (χ4v) is 2.58. The van der Waals surface area contributed by atoms with E-state index in [0.717, 1.165) is 11.3 Å². The molecule has 0 bridgehead atoms. The van der Waals surface area contributed by atoms with Gasteiger partial charge in [-0.25, -0.2) is 0 Å². The van der Waals surface area contributed by atoms with Gasteiger partial charge in [-0.2, -0.15) is 5.26 Å². The second-order valence-corrected chi connectivity index (χ2v) is 5.45. The van der Waals surface area contributed by atoms with Gasteiger partial charge in [-0.3, -0.25) is 5.32 Å². The summed E-state index contributed by atoms with van der Waals surface area (Å²) >= 11 is 0. The Morgan fingerprint density at radius 2 is 2.05 bits per heavy atom. The van der Waals surface area contributed by atoms with Gasteiger partial charge in [0, 0.05) is 6.04 Å². The topological polar surface area (TPSA) is 45.0 Å². The molecule has 1 atom stereocenters. The maximum Gasteiger partial charge on any atom is 0.121 e. The summed E-state index contributed by atoms with van der Waals surface area (Å²) in [5, 5.41) is 12.8. The molecule has 19 heavy (non-hydrogen) atoms. The van der Waals surface area contributed by atoms with E-state index >= 15 is 0 Å². The van der Waals surface area contributed by atoms with E-state index in [0.29, 0.717) is 6.04 Å². The van der Waals surface area contributed by atoms with E-state index < -0.39 is 0 Å². The summed E-state index contributed by atoms with van der Waals surface area (Å²) in [7, 11) is 0. The third-order valence-corrected chi connectivity index (χ3v) is 3.45. The average molecular weight is 258 g/mol. The Labute approximate surface area is 115 Å². The fourth-order valence-electron chi connectivity index (χ4n) is 2.58. The predicted octanol–water partition coefficient (Wildman–Crippen LogP) is 3.57. The van der Waals surface area contributed by atoms with Gasteiger partial charge in [-0.05, 0) is 44.4 Å². The van der Waals surface area contributed by atoms with Gasteiger partial charge >= 0.3 is 0 Å². The number of benzene rings is 1. The van der Waals surface area contributed by atoms with Crippen molar-refractivity contribution < 1.29 is 4.74 Å². The van der Waals surface area contributed by atoms with Crippen LogP contribution in [0.2, 0.25) is 0 Å². The molecule has 1 aromatic carbocycles. The maximum absolute atomic E-state index is 9.36. The quantitative estimate of drug-likeness (QED) is 0.878. The Bertz CT molecular complexity index is 444. The molecule has 1 aliphatic carbocycles. The van der Waals surface area contributed by atoms with Crippen molar-refractivity contribution in [3.8, 4) is 11.8 Å². The lowest BCUT2D eigenvalue weighted by Crippen LogP contribution is -2.29. The molecule has 3 nitrogen and oxygen atoms in total. The van der Waals surface area contributed by atoms with Gasteiger partial charge in [0.25, 0.3) is 0 Å². The minimum absolute atomic E-state index is 0.151. The van der Waals surface area contributed by atoms with Crippen LogP contribution in [0.25, 0.3) is 0 Å². The van der Waals surface area contributed by atoms with Crippen LogP contribution in [0.4, 0.5) is 0 Å². The molecule has 1 unspecified atom stereocenters. The van der Waals surface area contributed by atoms with Crippen molar-refractivity contribution in [2.24, 2.45) is 0 Å². The summed E-state index contributed by atoms with van der Waals surface area (Å²) in [4.78, 5) is 0. The molecule has 0 aliphatic heterocycles. The van der Waals surface area contributed by atoms with Gasteiger partial charge < -0.3 is 4.74 Å². The molecule has 1 saturated carbocycles. The predicted molar refractivity (Wildman–Crippen MR) is 76.0 cm³/mol. The normalized spacial score (nSPS) is 17.4. The highest BCUT2D eigenvalue weighted by molar-refractivity contribution is 5.33. The van der Waals surface area contributed by atoms with Crippen molar-refractivity contribution in [1.29, 1.82) is 5.26 Å². The Kier molecular flexibility index (Phi) is 4.81. The summed E-state index contributed by atoms with van der Waals surface area (Å²) in [6.45, 7) is 4.01. The second kappa shape index (κ2) is 6.58. The second-order valence-electron chi connectivity index (χ2n) is 5.45. The summed E-state index contributed by atoms with van der Waals surface area (Å²) in [6, 6.07) is 10.5. The van der Waals surface area contributed by atoms with Crippen LogP contribution in [0, 0.1) is 11.3 Å². The van der Waals surface area contributed by atoms with Gasteiger partial charge in [-0.15, -0.1) is 0 Å². The van der Waals surface area contributed by atoms with E-state index in [9.17, 15) is 5.26 Å². The smallest absolute Gasteiger partial charge is 0.121 e. The highest BCUT2D eigenvalue weighted by Gasteiger charge is 2.20. The Morgan fingerprint density at radius 1 is 1.32 bits per heavy atom. The van der Waals surface area contributed by atoms with Crippen molar-refractivity contribution in [1.82, 2.24) is 5.32 Å². The molecular weight excluding hydrogens is 236 g/mol. The van der Waals surface area contributed by atoms with E-state index in [1.54, 1.807) is 0 Å². The lowest BCUT2D eigenvalue weighted by molar-refractivity contribution is 0.242. The number of ether oxygens (including phenoxy) is 1. The molecule has 0 radical (unpaired) electrons. The first-order chi connectivity index (χ1) is 9.19. The molecule has 1 N–H and O–H groups in total. The maximum atomic E-state index is 9.36.